The topological polar surface area (TPSA) is 83.0 Å². The number of carboxylic acid groups (broad SMARTS) is 1. The highest BCUT2D eigenvalue weighted by molar-refractivity contribution is 7.98. The molecule has 0 amide bonds. The lowest BCUT2D eigenvalue weighted by molar-refractivity contribution is -0.136. The van der Waals surface area contributed by atoms with Gasteiger partial charge in [0.15, 0.2) is 5.16 Å². The van der Waals surface area contributed by atoms with Crippen molar-refractivity contribution in [3.8, 4) is 0 Å². The summed E-state index contributed by atoms with van der Waals surface area (Å²) in [6.45, 7) is 1.74. The van der Waals surface area contributed by atoms with Crippen LogP contribution in [0.2, 0.25) is 0 Å². The summed E-state index contributed by atoms with van der Waals surface area (Å²) in [5, 5.41) is 9.24. The maximum atomic E-state index is 12.0. The molecule has 0 saturated heterocycles. The lowest BCUT2D eigenvalue weighted by atomic mass is 10.1. The summed E-state index contributed by atoms with van der Waals surface area (Å²) in [6, 6.07) is 9.91. The number of carbonyl (C=O) groups is 1. The smallest absolute Gasteiger partial charge is 0.303 e. The van der Waals surface area contributed by atoms with Crippen LogP contribution in [0.25, 0.3) is 0 Å². The van der Waals surface area contributed by atoms with Crippen LogP contribution in [-0.2, 0) is 17.0 Å². The zero-order chi connectivity index (χ0) is 15.2. The van der Waals surface area contributed by atoms with Gasteiger partial charge in [-0.3, -0.25) is 9.59 Å². The van der Waals surface area contributed by atoms with Crippen molar-refractivity contribution in [3.63, 3.8) is 0 Å². The van der Waals surface area contributed by atoms with Crippen LogP contribution in [-0.4, -0.2) is 21.0 Å². The molecule has 1 heterocycles. The molecule has 0 aliphatic heterocycles. The molecule has 5 nitrogen and oxygen atoms in total. The summed E-state index contributed by atoms with van der Waals surface area (Å²) < 4.78 is 0. The van der Waals surface area contributed by atoms with Crippen molar-refractivity contribution in [1.82, 2.24) is 9.97 Å². The van der Waals surface area contributed by atoms with E-state index in [-0.39, 0.29) is 18.4 Å². The van der Waals surface area contributed by atoms with Gasteiger partial charge in [-0.15, -0.1) is 0 Å². The van der Waals surface area contributed by atoms with Crippen LogP contribution in [0.4, 0.5) is 0 Å². The highest BCUT2D eigenvalue weighted by Crippen LogP contribution is 2.18. The van der Waals surface area contributed by atoms with Gasteiger partial charge in [0.2, 0.25) is 0 Å². The Hall–Kier alpha value is -2.08. The standard InChI is InChI=1S/C15H16N2O3S/c1-10-12(7-8-13(18)19)14(20)17-15(16-10)21-9-11-5-3-2-4-6-11/h2-6H,7-9H2,1H3,(H,18,19)(H,16,17,20). The van der Waals surface area contributed by atoms with Crippen LogP contribution >= 0.6 is 11.8 Å². The number of aromatic amines is 1. The second-order valence-electron chi connectivity index (χ2n) is 4.60. The maximum absolute atomic E-state index is 12.0. The van der Waals surface area contributed by atoms with Crippen molar-refractivity contribution in [2.45, 2.75) is 30.7 Å². The van der Waals surface area contributed by atoms with E-state index in [9.17, 15) is 9.59 Å². The third kappa shape index (κ3) is 4.46. The minimum atomic E-state index is -0.920. The summed E-state index contributed by atoms with van der Waals surface area (Å²) in [4.78, 5) is 29.6. The number of aromatic nitrogens is 2. The van der Waals surface area contributed by atoms with E-state index in [1.165, 1.54) is 11.8 Å². The van der Waals surface area contributed by atoms with E-state index in [1.807, 2.05) is 30.3 Å². The zero-order valence-electron chi connectivity index (χ0n) is 11.6. The highest BCUT2D eigenvalue weighted by atomic mass is 32.2. The molecule has 2 rings (SSSR count). The number of carboxylic acids is 1. The van der Waals surface area contributed by atoms with Gasteiger partial charge in [-0.2, -0.15) is 0 Å². The second-order valence-corrected chi connectivity index (χ2v) is 5.57. The Balaban J connectivity index is 2.09. The Kier molecular flexibility index (Phi) is 5.16. The van der Waals surface area contributed by atoms with Gasteiger partial charge in [0.05, 0.1) is 0 Å². The van der Waals surface area contributed by atoms with Crippen molar-refractivity contribution in [2.75, 3.05) is 0 Å². The number of aliphatic carboxylic acids is 1. The van der Waals surface area contributed by atoms with Gasteiger partial charge >= 0.3 is 5.97 Å². The molecule has 21 heavy (non-hydrogen) atoms. The first-order chi connectivity index (χ1) is 10.1. The molecule has 0 saturated carbocycles. The average Bonchev–Trinajstić information content (AvgIpc) is 2.45. The molecule has 6 heteroatoms. The average molecular weight is 304 g/mol. The number of thioether (sulfide) groups is 1. The van der Waals surface area contributed by atoms with Crippen LogP contribution in [0.15, 0.2) is 40.3 Å². The second kappa shape index (κ2) is 7.08. The predicted octanol–water partition coefficient (Wildman–Crippen LogP) is 2.39. The molecular formula is C15H16N2O3S. The largest absolute Gasteiger partial charge is 0.481 e. The first-order valence-electron chi connectivity index (χ1n) is 6.54. The molecule has 1 aromatic carbocycles. The predicted molar refractivity (Wildman–Crippen MR) is 81.6 cm³/mol. The third-order valence-corrected chi connectivity index (χ3v) is 3.95. The Labute approximate surface area is 126 Å². The molecule has 0 unspecified atom stereocenters. The van der Waals surface area contributed by atoms with E-state index in [0.29, 0.717) is 16.4 Å². The van der Waals surface area contributed by atoms with E-state index < -0.39 is 5.97 Å². The number of rotatable bonds is 6. The molecule has 0 aliphatic carbocycles. The summed E-state index contributed by atoms with van der Waals surface area (Å²) in [6.07, 6.45) is 0.134. The summed E-state index contributed by atoms with van der Waals surface area (Å²) >= 11 is 1.45. The molecule has 1 aromatic heterocycles. The van der Waals surface area contributed by atoms with Gasteiger partial charge in [0, 0.05) is 23.4 Å². The van der Waals surface area contributed by atoms with E-state index in [2.05, 4.69) is 9.97 Å². The Morgan fingerprint density at radius 2 is 2.05 bits per heavy atom. The lowest BCUT2D eigenvalue weighted by Gasteiger charge is -2.06. The minimum absolute atomic E-state index is 0.0674. The van der Waals surface area contributed by atoms with Crippen LogP contribution < -0.4 is 5.56 Å². The van der Waals surface area contributed by atoms with Gasteiger partial charge in [-0.25, -0.2) is 4.98 Å². The number of aryl methyl sites for hydroxylation is 1. The van der Waals surface area contributed by atoms with Gasteiger partial charge in [-0.05, 0) is 18.9 Å². The normalized spacial score (nSPS) is 10.5. The van der Waals surface area contributed by atoms with Crippen molar-refractivity contribution in [1.29, 1.82) is 0 Å². The highest BCUT2D eigenvalue weighted by Gasteiger charge is 2.10. The van der Waals surface area contributed by atoms with Crippen LogP contribution in [0, 0.1) is 6.92 Å². The van der Waals surface area contributed by atoms with E-state index in [1.54, 1.807) is 6.92 Å². The monoisotopic (exact) mass is 304 g/mol. The number of hydrogen-bond donors (Lipinski definition) is 2. The minimum Gasteiger partial charge on any atom is -0.481 e. The Morgan fingerprint density at radius 3 is 2.67 bits per heavy atom. The fourth-order valence-electron chi connectivity index (χ4n) is 1.91. The molecule has 0 bridgehead atoms. The summed E-state index contributed by atoms with van der Waals surface area (Å²) in [5.41, 5.74) is 1.94. The summed E-state index contributed by atoms with van der Waals surface area (Å²) in [7, 11) is 0. The molecule has 0 aliphatic rings. The van der Waals surface area contributed by atoms with Crippen molar-refractivity contribution in [2.24, 2.45) is 0 Å². The maximum Gasteiger partial charge on any atom is 0.303 e. The van der Waals surface area contributed by atoms with E-state index in [0.717, 1.165) is 11.3 Å². The molecule has 0 radical (unpaired) electrons. The number of nitrogens with zero attached hydrogens (tertiary/aromatic N) is 1. The van der Waals surface area contributed by atoms with Crippen LogP contribution in [0.1, 0.15) is 23.2 Å². The van der Waals surface area contributed by atoms with Gasteiger partial charge in [-0.1, -0.05) is 42.1 Å². The van der Waals surface area contributed by atoms with Crippen LogP contribution in [0.3, 0.4) is 0 Å². The first-order valence-corrected chi connectivity index (χ1v) is 7.53. The SMILES string of the molecule is Cc1nc(SCc2ccccc2)[nH]c(=O)c1CCC(=O)O. The molecular weight excluding hydrogens is 288 g/mol. The molecule has 2 N–H and O–H groups in total. The number of benzene rings is 1. The fraction of sp³-hybridized carbons (Fsp3) is 0.267. The Bertz CT molecular complexity index is 683. The Morgan fingerprint density at radius 1 is 1.33 bits per heavy atom. The first kappa shape index (κ1) is 15.3. The number of H-pyrrole nitrogens is 1. The van der Waals surface area contributed by atoms with E-state index in [4.69, 9.17) is 5.11 Å². The van der Waals surface area contributed by atoms with Gasteiger partial charge in [0.25, 0.3) is 5.56 Å². The molecule has 0 atom stereocenters. The number of hydrogen-bond acceptors (Lipinski definition) is 4. The lowest BCUT2D eigenvalue weighted by Crippen LogP contribution is -2.18. The third-order valence-electron chi connectivity index (χ3n) is 3.01. The van der Waals surface area contributed by atoms with E-state index >= 15 is 0 Å². The van der Waals surface area contributed by atoms with Crippen molar-refractivity contribution < 1.29 is 9.90 Å². The molecule has 0 fully saturated rings. The number of nitrogens with one attached hydrogen (secondary N) is 1. The van der Waals surface area contributed by atoms with Crippen molar-refractivity contribution >= 4 is 17.7 Å². The van der Waals surface area contributed by atoms with Crippen LogP contribution in [0.5, 0.6) is 0 Å². The zero-order valence-corrected chi connectivity index (χ0v) is 12.4. The molecule has 2 aromatic rings. The van der Waals surface area contributed by atoms with Gasteiger partial charge in [0.1, 0.15) is 0 Å². The molecule has 110 valence electrons. The van der Waals surface area contributed by atoms with Gasteiger partial charge < -0.3 is 10.1 Å². The molecule has 0 spiro atoms. The summed E-state index contributed by atoms with van der Waals surface area (Å²) in [5.74, 6) is -0.200. The quantitative estimate of drug-likeness (QED) is 0.632. The van der Waals surface area contributed by atoms with Crippen molar-refractivity contribution in [3.05, 3.63) is 57.5 Å². The fourth-order valence-corrected chi connectivity index (χ4v) is 2.77.